The second kappa shape index (κ2) is 5.92. The highest BCUT2D eigenvalue weighted by molar-refractivity contribution is 9.10. The Morgan fingerprint density at radius 1 is 1.36 bits per heavy atom. The van der Waals surface area contributed by atoms with Crippen LogP contribution >= 0.6 is 15.9 Å². The third kappa shape index (κ3) is 9.17. The lowest BCUT2D eigenvalue weighted by Crippen LogP contribution is -2.01. The summed E-state index contributed by atoms with van der Waals surface area (Å²) < 4.78 is 1.13. The van der Waals surface area contributed by atoms with Crippen LogP contribution in [0, 0.1) is 0 Å². The summed E-state index contributed by atoms with van der Waals surface area (Å²) in [7, 11) is 0. The molecule has 2 N–H and O–H groups in total. The van der Waals surface area contributed by atoms with Crippen LogP contribution in [0.15, 0.2) is 34.8 Å². The topological polar surface area (TPSA) is 43.1 Å². The van der Waals surface area contributed by atoms with Crippen LogP contribution in [-0.4, -0.2) is 5.91 Å². The first-order chi connectivity index (χ1) is 5.13. The van der Waals surface area contributed by atoms with Crippen LogP contribution in [0.1, 0.15) is 6.92 Å². The molecule has 3 heteroatoms. The zero-order valence-corrected chi connectivity index (χ0v) is 7.84. The molecule has 0 saturated carbocycles. The molecule has 0 spiro atoms. The van der Waals surface area contributed by atoms with E-state index in [1.807, 2.05) is 30.3 Å². The minimum Gasteiger partial charge on any atom is -0.370 e. The minimum atomic E-state index is -0.333. The lowest BCUT2D eigenvalue weighted by molar-refractivity contribution is -0.115. The van der Waals surface area contributed by atoms with Crippen LogP contribution in [0.5, 0.6) is 0 Å². The number of carbonyl (C=O) groups is 1. The van der Waals surface area contributed by atoms with Crippen molar-refractivity contribution in [3.05, 3.63) is 34.8 Å². The van der Waals surface area contributed by atoms with Gasteiger partial charge in [-0.2, -0.15) is 0 Å². The maximum absolute atomic E-state index is 9.22. The number of rotatable bonds is 0. The maximum atomic E-state index is 9.22. The molecule has 0 aliphatic heterocycles. The summed E-state index contributed by atoms with van der Waals surface area (Å²) in [6.07, 6.45) is 0. The fourth-order valence-corrected chi connectivity index (χ4v) is 0.720. The molecule has 2 nitrogen and oxygen atoms in total. The van der Waals surface area contributed by atoms with E-state index in [0.717, 1.165) is 4.47 Å². The van der Waals surface area contributed by atoms with Crippen molar-refractivity contribution in [3.8, 4) is 0 Å². The maximum Gasteiger partial charge on any atom is 0.214 e. The fourth-order valence-electron chi connectivity index (χ4n) is 0.415. The number of halogens is 1. The third-order valence-electron chi connectivity index (χ3n) is 0.733. The number of primary amides is 1. The molecule has 0 unspecified atom stereocenters. The van der Waals surface area contributed by atoms with Crippen LogP contribution in [-0.2, 0) is 4.79 Å². The predicted molar refractivity (Wildman–Crippen MR) is 49.0 cm³/mol. The van der Waals surface area contributed by atoms with Gasteiger partial charge in [0.25, 0.3) is 0 Å². The van der Waals surface area contributed by atoms with Gasteiger partial charge in [0, 0.05) is 11.4 Å². The fraction of sp³-hybridized carbons (Fsp3) is 0.125. The van der Waals surface area contributed by atoms with E-state index in [1.54, 1.807) is 0 Å². The van der Waals surface area contributed by atoms with Crippen molar-refractivity contribution in [1.29, 1.82) is 0 Å². The van der Waals surface area contributed by atoms with E-state index in [4.69, 9.17) is 0 Å². The number of hydrogen-bond acceptors (Lipinski definition) is 1. The molecule has 0 atom stereocenters. The number of benzene rings is 1. The average Bonchev–Trinajstić information content (AvgIpc) is 1.87. The molecule has 1 rings (SSSR count). The number of carbonyl (C=O) groups excluding carboxylic acids is 1. The minimum absolute atomic E-state index is 0.333. The van der Waals surface area contributed by atoms with E-state index in [-0.39, 0.29) is 5.91 Å². The molecule has 1 aromatic rings. The van der Waals surface area contributed by atoms with Gasteiger partial charge in [-0.15, -0.1) is 0 Å². The van der Waals surface area contributed by atoms with Gasteiger partial charge in [0.15, 0.2) is 0 Å². The van der Waals surface area contributed by atoms with Crippen molar-refractivity contribution in [2.75, 3.05) is 0 Å². The molecular weight excluding hydrogens is 206 g/mol. The molecule has 0 heterocycles. The Morgan fingerprint density at radius 2 is 1.73 bits per heavy atom. The predicted octanol–water partition coefficient (Wildman–Crippen LogP) is 1.94. The van der Waals surface area contributed by atoms with Crippen molar-refractivity contribution < 1.29 is 4.79 Å². The average molecular weight is 216 g/mol. The van der Waals surface area contributed by atoms with Crippen LogP contribution in [0.2, 0.25) is 0 Å². The SMILES string of the molecule is Brc1ccccc1.CC(N)=O. The Bertz CT molecular complexity index is 207. The first-order valence-electron chi connectivity index (χ1n) is 3.09. The lowest BCUT2D eigenvalue weighted by atomic mass is 10.4. The quantitative estimate of drug-likeness (QED) is 0.707. The van der Waals surface area contributed by atoms with Gasteiger partial charge in [-0.25, -0.2) is 0 Å². The van der Waals surface area contributed by atoms with Crippen molar-refractivity contribution in [2.45, 2.75) is 6.92 Å². The van der Waals surface area contributed by atoms with Gasteiger partial charge in [-0.3, -0.25) is 4.79 Å². The molecule has 0 aliphatic rings. The molecule has 0 bridgehead atoms. The monoisotopic (exact) mass is 215 g/mol. The molecule has 0 aliphatic carbocycles. The Hall–Kier alpha value is -0.830. The summed E-state index contributed by atoms with van der Waals surface area (Å²) in [5, 5.41) is 0. The molecule has 0 fully saturated rings. The summed E-state index contributed by atoms with van der Waals surface area (Å²) >= 11 is 3.31. The van der Waals surface area contributed by atoms with E-state index in [2.05, 4.69) is 21.7 Å². The van der Waals surface area contributed by atoms with Gasteiger partial charge in [0.05, 0.1) is 0 Å². The molecule has 11 heavy (non-hydrogen) atoms. The van der Waals surface area contributed by atoms with Crippen LogP contribution < -0.4 is 5.73 Å². The molecule has 1 aromatic carbocycles. The van der Waals surface area contributed by atoms with Crippen molar-refractivity contribution in [1.82, 2.24) is 0 Å². The van der Waals surface area contributed by atoms with E-state index >= 15 is 0 Å². The smallest absolute Gasteiger partial charge is 0.214 e. The second-order valence-corrected chi connectivity index (χ2v) is 2.82. The second-order valence-electron chi connectivity index (χ2n) is 1.91. The van der Waals surface area contributed by atoms with E-state index in [0.29, 0.717) is 0 Å². The normalized spacial score (nSPS) is 7.82. The van der Waals surface area contributed by atoms with Gasteiger partial charge >= 0.3 is 0 Å². The van der Waals surface area contributed by atoms with Crippen LogP contribution in [0.4, 0.5) is 0 Å². The van der Waals surface area contributed by atoms with Crippen LogP contribution in [0.3, 0.4) is 0 Å². The highest BCUT2D eigenvalue weighted by atomic mass is 79.9. The molecular formula is C8H10BrNO. The molecule has 0 radical (unpaired) electrons. The zero-order valence-electron chi connectivity index (χ0n) is 6.25. The first kappa shape index (κ1) is 10.2. The molecule has 0 saturated heterocycles. The van der Waals surface area contributed by atoms with Gasteiger partial charge in [-0.1, -0.05) is 34.1 Å². The Balaban J connectivity index is 0.000000218. The van der Waals surface area contributed by atoms with Gasteiger partial charge in [-0.05, 0) is 12.1 Å². The van der Waals surface area contributed by atoms with Crippen molar-refractivity contribution in [2.24, 2.45) is 5.73 Å². The van der Waals surface area contributed by atoms with Gasteiger partial charge < -0.3 is 5.73 Å². The Labute approximate surface area is 74.5 Å². The largest absolute Gasteiger partial charge is 0.370 e. The lowest BCUT2D eigenvalue weighted by Gasteiger charge is -1.80. The number of hydrogen-bond donors (Lipinski definition) is 1. The standard InChI is InChI=1S/C6H5Br.C2H5NO/c7-6-4-2-1-3-5-6;1-2(3)4/h1-5H;1H3,(H2,3,4). The summed E-state index contributed by atoms with van der Waals surface area (Å²) in [4.78, 5) is 9.22. The summed E-state index contributed by atoms with van der Waals surface area (Å²) in [5.41, 5.74) is 4.47. The number of amides is 1. The van der Waals surface area contributed by atoms with E-state index in [9.17, 15) is 4.79 Å². The van der Waals surface area contributed by atoms with Crippen molar-refractivity contribution >= 4 is 21.8 Å². The van der Waals surface area contributed by atoms with Gasteiger partial charge in [0.1, 0.15) is 0 Å². The number of nitrogens with two attached hydrogens (primary N) is 1. The van der Waals surface area contributed by atoms with E-state index in [1.165, 1.54) is 6.92 Å². The summed E-state index contributed by atoms with van der Waals surface area (Å²) in [6.45, 7) is 1.31. The Kier molecular flexibility index (Phi) is 5.47. The van der Waals surface area contributed by atoms with E-state index < -0.39 is 0 Å². The summed E-state index contributed by atoms with van der Waals surface area (Å²) in [6, 6.07) is 9.97. The first-order valence-corrected chi connectivity index (χ1v) is 3.89. The van der Waals surface area contributed by atoms with Crippen molar-refractivity contribution in [3.63, 3.8) is 0 Å². The van der Waals surface area contributed by atoms with Gasteiger partial charge in [0.2, 0.25) is 5.91 Å². The molecule has 60 valence electrons. The third-order valence-corrected chi connectivity index (χ3v) is 1.26. The molecule has 0 aromatic heterocycles. The summed E-state index contributed by atoms with van der Waals surface area (Å²) in [5.74, 6) is -0.333. The highest BCUT2D eigenvalue weighted by Gasteiger charge is 1.74. The molecule has 1 amide bonds. The highest BCUT2D eigenvalue weighted by Crippen LogP contribution is 2.05. The van der Waals surface area contributed by atoms with Crippen LogP contribution in [0.25, 0.3) is 0 Å². The zero-order chi connectivity index (χ0) is 8.69. The Morgan fingerprint density at radius 3 is 1.91 bits per heavy atom.